The largest absolute Gasteiger partial charge is 0.361 e. The number of benzene rings is 2. The summed E-state index contributed by atoms with van der Waals surface area (Å²) in [4.78, 5) is 11.4. The summed E-state index contributed by atoms with van der Waals surface area (Å²) in [5.74, 6) is 0.522. The Bertz CT molecular complexity index is 1230. The number of para-hydroxylation sites is 1. The van der Waals surface area contributed by atoms with Gasteiger partial charge in [-0.05, 0) is 70.0 Å². The van der Waals surface area contributed by atoms with E-state index in [-0.39, 0.29) is 5.28 Å². The molecule has 0 bridgehead atoms. The molecule has 2 aromatic carbocycles. The third-order valence-electron chi connectivity index (χ3n) is 4.44. The molecule has 0 unspecified atom stereocenters. The first-order valence-electron chi connectivity index (χ1n) is 8.54. The third-order valence-corrected chi connectivity index (χ3v) is 6.74. The molecule has 0 aliphatic rings. The van der Waals surface area contributed by atoms with E-state index in [1.54, 1.807) is 19.5 Å². The summed E-state index contributed by atoms with van der Waals surface area (Å²) in [5, 5.41) is 5.26. The van der Waals surface area contributed by atoms with Gasteiger partial charge in [0.1, 0.15) is 13.0 Å². The van der Waals surface area contributed by atoms with Crippen LogP contribution >= 0.6 is 34.7 Å². The minimum atomic E-state index is -2.58. The van der Waals surface area contributed by atoms with E-state index in [0.29, 0.717) is 10.3 Å². The molecule has 0 aliphatic carbocycles. The van der Waals surface area contributed by atoms with Gasteiger partial charge in [-0.1, -0.05) is 24.3 Å². The van der Waals surface area contributed by atoms with Crippen LogP contribution < -0.4 is 10.6 Å². The molecular weight excluding hydrogens is 459 g/mol. The monoisotopic (exact) mass is 474 g/mol. The fourth-order valence-corrected chi connectivity index (χ4v) is 4.72. The van der Waals surface area contributed by atoms with Crippen LogP contribution in [0.3, 0.4) is 0 Å². The van der Waals surface area contributed by atoms with Crippen LogP contribution in [0.5, 0.6) is 0 Å². The number of fused-ring (bicyclic) bond motifs is 1. The maximum absolute atomic E-state index is 13.1. The highest BCUT2D eigenvalue weighted by atomic mass is 79.9. The second-order valence-corrected chi connectivity index (χ2v) is 11.2. The van der Waals surface area contributed by atoms with Crippen molar-refractivity contribution in [2.24, 2.45) is 0 Å². The number of aromatic amines is 1. The van der Waals surface area contributed by atoms with Crippen LogP contribution in [0.15, 0.2) is 59.3 Å². The van der Waals surface area contributed by atoms with Crippen LogP contribution in [0, 0.1) is 0 Å². The number of rotatable bonds is 4. The molecule has 0 atom stereocenters. The van der Waals surface area contributed by atoms with Crippen molar-refractivity contribution in [3.05, 3.63) is 64.6 Å². The van der Waals surface area contributed by atoms with Crippen molar-refractivity contribution in [1.29, 1.82) is 0 Å². The minimum absolute atomic E-state index is 0.137. The fourth-order valence-electron chi connectivity index (χ4n) is 3.14. The SMILES string of the molecule is CP(C)(=O)c1cc(-c2cccc3cc[nH]c23)ccc1Nc1nc(Cl)ncc1Br. The molecule has 28 heavy (non-hydrogen) atoms. The molecule has 8 heteroatoms. The second kappa shape index (κ2) is 7.36. The van der Waals surface area contributed by atoms with Gasteiger partial charge in [-0.2, -0.15) is 4.98 Å². The van der Waals surface area contributed by atoms with Gasteiger partial charge in [0, 0.05) is 23.3 Å². The molecule has 0 spiro atoms. The molecule has 0 fully saturated rings. The van der Waals surface area contributed by atoms with Crippen molar-refractivity contribution in [3.63, 3.8) is 0 Å². The van der Waals surface area contributed by atoms with E-state index in [0.717, 1.165) is 33.0 Å². The Balaban J connectivity index is 1.84. The zero-order chi connectivity index (χ0) is 19.9. The summed E-state index contributed by atoms with van der Waals surface area (Å²) in [6.45, 7) is 3.52. The zero-order valence-corrected chi connectivity index (χ0v) is 18.4. The van der Waals surface area contributed by atoms with Gasteiger partial charge in [0.05, 0.1) is 15.7 Å². The molecule has 0 radical (unpaired) electrons. The first-order chi connectivity index (χ1) is 13.3. The minimum Gasteiger partial charge on any atom is -0.361 e. The average Bonchev–Trinajstić information content (AvgIpc) is 3.13. The topological polar surface area (TPSA) is 70.7 Å². The highest BCUT2D eigenvalue weighted by Gasteiger charge is 2.19. The first kappa shape index (κ1) is 19.2. The maximum Gasteiger partial charge on any atom is 0.224 e. The molecule has 0 aliphatic heterocycles. The number of H-pyrrole nitrogens is 1. The van der Waals surface area contributed by atoms with Crippen LogP contribution in [-0.4, -0.2) is 28.3 Å². The van der Waals surface area contributed by atoms with Gasteiger partial charge in [0.2, 0.25) is 5.28 Å². The highest BCUT2D eigenvalue weighted by Crippen LogP contribution is 2.41. The number of nitrogens with one attached hydrogen (secondary N) is 2. The van der Waals surface area contributed by atoms with Gasteiger partial charge in [-0.15, -0.1) is 0 Å². The molecule has 2 aromatic heterocycles. The van der Waals surface area contributed by atoms with E-state index in [4.69, 9.17) is 11.6 Å². The summed E-state index contributed by atoms with van der Waals surface area (Å²) in [5.41, 5.74) is 3.85. The average molecular weight is 476 g/mol. The second-order valence-electron chi connectivity index (χ2n) is 6.79. The molecular formula is C20H17BrClN4OP. The Kier molecular flexibility index (Phi) is 5.04. The normalized spacial score (nSPS) is 11.7. The Morgan fingerprint density at radius 2 is 2.00 bits per heavy atom. The van der Waals surface area contributed by atoms with Gasteiger partial charge in [-0.25, -0.2) is 4.98 Å². The van der Waals surface area contributed by atoms with Crippen LogP contribution in [0.4, 0.5) is 11.5 Å². The third kappa shape index (κ3) is 3.72. The predicted molar refractivity (Wildman–Crippen MR) is 121 cm³/mol. The number of hydrogen-bond acceptors (Lipinski definition) is 4. The number of halogens is 2. The molecule has 142 valence electrons. The van der Waals surface area contributed by atoms with Crippen LogP contribution in [0.25, 0.3) is 22.0 Å². The standard InChI is InChI=1S/C20H17BrClN4OP/c1-28(2,27)17-10-13(14-5-3-4-12-8-9-23-18(12)14)6-7-16(17)25-19-15(21)11-24-20(22)26-19/h3-11,23H,1-2H3,(H,24,25,26). The fraction of sp³-hybridized carbons (Fsp3) is 0.100. The lowest BCUT2D eigenvalue weighted by molar-refractivity contribution is 0.588. The van der Waals surface area contributed by atoms with Crippen LogP contribution in [0.1, 0.15) is 0 Å². The lowest BCUT2D eigenvalue weighted by atomic mass is 10.0. The van der Waals surface area contributed by atoms with Crippen molar-refractivity contribution in [1.82, 2.24) is 15.0 Å². The van der Waals surface area contributed by atoms with Gasteiger partial charge in [-0.3, -0.25) is 0 Å². The van der Waals surface area contributed by atoms with Crippen LogP contribution in [-0.2, 0) is 4.57 Å². The number of nitrogens with zero attached hydrogens (tertiary/aromatic N) is 2. The molecule has 5 nitrogen and oxygen atoms in total. The van der Waals surface area contributed by atoms with E-state index in [1.807, 2.05) is 36.5 Å². The molecule has 2 heterocycles. The zero-order valence-electron chi connectivity index (χ0n) is 15.2. The smallest absolute Gasteiger partial charge is 0.224 e. The molecule has 4 rings (SSSR count). The molecule has 0 saturated heterocycles. The van der Waals surface area contributed by atoms with Crippen LogP contribution in [0.2, 0.25) is 5.28 Å². The van der Waals surface area contributed by atoms with E-state index in [2.05, 4.69) is 48.3 Å². The molecule has 0 saturated carbocycles. The van der Waals surface area contributed by atoms with E-state index in [1.165, 1.54) is 0 Å². The molecule has 4 aromatic rings. The van der Waals surface area contributed by atoms with Crippen molar-refractivity contribution in [3.8, 4) is 11.1 Å². The van der Waals surface area contributed by atoms with Crippen molar-refractivity contribution in [2.75, 3.05) is 18.6 Å². The van der Waals surface area contributed by atoms with E-state index >= 15 is 0 Å². The van der Waals surface area contributed by atoms with Gasteiger partial charge in [0.15, 0.2) is 0 Å². The van der Waals surface area contributed by atoms with E-state index in [9.17, 15) is 4.57 Å². The van der Waals surface area contributed by atoms with Gasteiger partial charge < -0.3 is 14.9 Å². The number of anilines is 2. The molecule has 0 amide bonds. The lowest BCUT2D eigenvalue weighted by Gasteiger charge is -2.17. The van der Waals surface area contributed by atoms with Crippen molar-refractivity contribution < 1.29 is 4.57 Å². The quantitative estimate of drug-likeness (QED) is 0.279. The maximum atomic E-state index is 13.1. The predicted octanol–water partition coefficient (Wildman–Crippen LogP) is 6.03. The summed E-state index contributed by atoms with van der Waals surface area (Å²) in [7, 11) is -2.58. The Labute approximate surface area is 176 Å². The summed E-state index contributed by atoms with van der Waals surface area (Å²) >= 11 is 9.34. The Morgan fingerprint density at radius 3 is 2.79 bits per heavy atom. The van der Waals surface area contributed by atoms with Crippen molar-refractivity contribution >= 4 is 62.4 Å². The Hall–Kier alpha value is -2.14. The van der Waals surface area contributed by atoms with Gasteiger partial charge >= 0.3 is 0 Å². The lowest BCUT2D eigenvalue weighted by Crippen LogP contribution is -2.11. The Morgan fingerprint density at radius 1 is 1.18 bits per heavy atom. The van der Waals surface area contributed by atoms with E-state index < -0.39 is 7.14 Å². The molecule has 2 N–H and O–H groups in total. The number of aromatic nitrogens is 3. The first-order valence-corrected chi connectivity index (χ1v) is 12.3. The highest BCUT2D eigenvalue weighted by molar-refractivity contribution is 9.10. The van der Waals surface area contributed by atoms with Gasteiger partial charge in [0.25, 0.3) is 0 Å². The summed E-state index contributed by atoms with van der Waals surface area (Å²) < 4.78 is 13.7. The van der Waals surface area contributed by atoms with Crippen molar-refractivity contribution in [2.45, 2.75) is 0 Å². The summed E-state index contributed by atoms with van der Waals surface area (Å²) in [6, 6.07) is 14.1. The summed E-state index contributed by atoms with van der Waals surface area (Å²) in [6.07, 6.45) is 3.50. The number of hydrogen-bond donors (Lipinski definition) is 2.